The van der Waals surface area contributed by atoms with Crippen LogP contribution in [0.15, 0.2) is 30.3 Å². The molecule has 1 aromatic carbocycles. The lowest BCUT2D eigenvalue weighted by Crippen LogP contribution is -2.44. The molecule has 1 aliphatic carbocycles. The second-order valence-electron chi connectivity index (χ2n) is 4.41. The molecule has 0 saturated heterocycles. The number of nitrogens with one attached hydrogen (secondary N) is 1. The number of benzene rings is 1. The Morgan fingerprint density at radius 2 is 1.88 bits per heavy atom. The molecule has 1 aliphatic rings. The zero-order chi connectivity index (χ0) is 11.4. The summed E-state index contributed by atoms with van der Waals surface area (Å²) in [6, 6.07) is 9.73. The first-order chi connectivity index (χ1) is 7.71. The highest BCUT2D eigenvalue weighted by molar-refractivity contribution is 5.85. The monoisotopic (exact) mass is 219 g/mol. The van der Waals surface area contributed by atoms with Crippen molar-refractivity contribution in [2.24, 2.45) is 0 Å². The Bertz CT molecular complexity index is 355. The molecule has 86 valence electrons. The maximum Gasteiger partial charge on any atom is 0.252 e. The van der Waals surface area contributed by atoms with Crippen LogP contribution in [0.2, 0.25) is 0 Å². The second-order valence-corrected chi connectivity index (χ2v) is 4.41. The molecule has 1 amide bonds. The molecule has 3 nitrogen and oxygen atoms in total. The normalized spacial score (nSPS) is 18.3. The second kappa shape index (κ2) is 4.66. The molecule has 0 radical (unpaired) electrons. The van der Waals surface area contributed by atoms with Gasteiger partial charge in [0.25, 0.3) is 5.91 Å². The summed E-state index contributed by atoms with van der Waals surface area (Å²) >= 11 is 0. The third kappa shape index (κ3) is 2.42. The van der Waals surface area contributed by atoms with Crippen molar-refractivity contribution < 1.29 is 9.90 Å². The molecular formula is C13H17NO2. The van der Waals surface area contributed by atoms with Gasteiger partial charge < -0.3 is 10.4 Å². The Kier molecular flexibility index (Phi) is 3.25. The first kappa shape index (κ1) is 11.1. The van der Waals surface area contributed by atoms with E-state index in [4.69, 9.17) is 0 Å². The Morgan fingerprint density at radius 1 is 1.25 bits per heavy atom. The molecule has 1 fully saturated rings. The van der Waals surface area contributed by atoms with E-state index >= 15 is 0 Å². The minimum Gasteiger partial charge on any atom is -0.380 e. The molecule has 0 aliphatic heterocycles. The molecule has 1 aromatic rings. The van der Waals surface area contributed by atoms with Crippen molar-refractivity contribution in [3.8, 4) is 0 Å². The highest BCUT2D eigenvalue weighted by Gasteiger charge is 2.38. The summed E-state index contributed by atoms with van der Waals surface area (Å²) in [5.41, 5.74) is -0.0631. The van der Waals surface area contributed by atoms with Gasteiger partial charge in [0.15, 0.2) is 0 Å². The maximum absolute atomic E-state index is 11.8. The fraction of sp³-hybridized carbons (Fsp3) is 0.462. The smallest absolute Gasteiger partial charge is 0.252 e. The number of hydrogen-bond donors (Lipinski definition) is 2. The largest absolute Gasteiger partial charge is 0.380 e. The predicted octanol–water partition coefficient (Wildman–Crippen LogP) is 1.61. The molecular weight excluding hydrogens is 202 g/mol. The van der Waals surface area contributed by atoms with E-state index in [-0.39, 0.29) is 5.91 Å². The van der Waals surface area contributed by atoms with Gasteiger partial charge in [-0.05, 0) is 31.2 Å². The quantitative estimate of drug-likeness (QED) is 0.811. The van der Waals surface area contributed by atoms with Crippen LogP contribution in [0.1, 0.15) is 31.2 Å². The zero-order valence-electron chi connectivity index (χ0n) is 9.28. The van der Waals surface area contributed by atoms with E-state index in [1.54, 1.807) is 0 Å². The van der Waals surface area contributed by atoms with Gasteiger partial charge in [-0.1, -0.05) is 30.3 Å². The molecule has 0 aromatic heterocycles. The molecule has 0 heterocycles. The summed E-state index contributed by atoms with van der Waals surface area (Å²) in [6.07, 6.45) is 3.06. The average molecular weight is 219 g/mol. The number of amides is 1. The van der Waals surface area contributed by atoms with Crippen LogP contribution in [0.3, 0.4) is 0 Å². The van der Waals surface area contributed by atoms with E-state index < -0.39 is 5.60 Å². The first-order valence-corrected chi connectivity index (χ1v) is 5.75. The van der Waals surface area contributed by atoms with Gasteiger partial charge in [0.2, 0.25) is 0 Å². The van der Waals surface area contributed by atoms with Crippen LogP contribution in [0.25, 0.3) is 0 Å². The van der Waals surface area contributed by atoms with Gasteiger partial charge in [-0.25, -0.2) is 0 Å². The SMILES string of the molecule is O=C(NCc1ccccc1)C1(O)CCCC1. The molecule has 16 heavy (non-hydrogen) atoms. The number of aliphatic hydroxyl groups is 1. The van der Waals surface area contributed by atoms with Crippen molar-refractivity contribution in [2.45, 2.75) is 37.8 Å². The maximum atomic E-state index is 11.8. The van der Waals surface area contributed by atoms with Gasteiger partial charge in [-0.2, -0.15) is 0 Å². The van der Waals surface area contributed by atoms with Gasteiger partial charge in [0.05, 0.1) is 0 Å². The Labute approximate surface area is 95.5 Å². The predicted molar refractivity (Wildman–Crippen MR) is 61.7 cm³/mol. The van der Waals surface area contributed by atoms with E-state index in [9.17, 15) is 9.90 Å². The van der Waals surface area contributed by atoms with E-state index in [0.717, 1.165) is 18.4 Å². The molecule has 3 heteroatoms. The number of rotatable bonds is 3. The molecule has 0 unspecified atom stereocenters. The molecule has 2 N–H and O–H groups in total. The summed E-state index contributed by atoms with van der Waals surface area (Å²) in [4.78, 5) is 11.8. The summed E-state index contributed by atoms with van der Waals surface area (Å²) in [7, 11) is 0. The van der Waals surface area contributed by atoms with Crippen molar-refractivity contribution in [1.29, 1.82) is 0 Å². The van der Waals surface area contributed by atoms with E-state index in [1.807, 2.05) is 30.3 Å². The standard InChI is InChI=1S/C13H17NO2/c15-12(13(16)8-4-5-9-13)14-10-11-6-2-1-3-7-11/h1-3,6-7,16H,4-5,8-10H2,(H,14,15). The summed E-state index contributed by atoms with van der Waals surface area (Å²) in [6.45, 7) is 0.488. The summed E-state index contributed by atoms with van der Waals surface area (Å²) in [5.74, 6) is -0.228. The topological polar surface area (TPSA) is 49.3 Å². The molecule has 0 bridgehead atoms. The van der Waals surface area contributed by atoms with Gasteiger partial charge in [-0.15, -0.1) is 0 Å². The van der Waals surface area contributed by atoms with Crippen LogP contribution >= 0.6 is 0 Å². The first-order valence-electron chi connectivity index (χ1n) is 5.75. The van der Waals surface area contributed by atoms with E-state index in [2.05, 4.69) is 5.32 Å². The number of carbonyl (C=O) groups excluding carboxylic acids is 1. The fourth-order valence-electron chi connectivity index (χ4n) is 2.13. The van der Waals surface area contributed by atoms with Crippen LogP contribution in [0.4, 0.5) is 0 Å². The van der Waals surface area contributed by atoms with E-state index in [1.165, 1.54) is 0 Å². The Morgan fingerprint density at radius 3 is 2.50 bits per heavy atom. The molecule has 0 atom stereocenters. The van der Waals surface area contributed by atoms with Crippen molar-refractivity contribution >= 4 is 5.91 Å². The van der Waals surface area contributed by atoms with Gasteiger partial charge in [-0.3, -0.25) is 4.79 Å². The third-order valence-electron chi connectivity index (χ3n) is 3.15. The minimum atomic E-state index is -1.12. The fourth-order valence-corrected chi connectivity index (χ4v) is 2.13. The summed E-state index contributed by atoms with van der Waals surface area (Å²) < 4.78 is 0. The van der Waals surface area contributed by atoms with Crippen LogP contribution < -0.4 is 5.32 Å². The highest BCUT2D eigenvalue weighted by atomic mass is 16.3. The van der Waals surface area contributed by atoms with Crippen molar-refractivity contribution in [2.75, 3.05) is 0 Å². The van der Waals surface area contributed by atoms with Crippen LogP contribution in [0, 0.1) is 0 Å². The number of hydrogen-bond acceptors (Lipinski definition) is 2. The van der Waals surface area contributed by atoms with Gasteiger partial charge in [0, 0.05) is 6.54 Å². The molecule has 2 rings (SSSR count). The molecule has 0 spiro atoms. The van der Waals surface area contributed by atoms with Crippen LogP contribution in [0.5, 0.6) is 0 Å². The molecule has 1 saturated carbocycles. The van der Waals surface area contributed by atoms with Crippen LogP contribution in [-0.2, 0) is 11.3 Å². The van der Waals surface area contributed by atoms with Gasteiger partial charge in [0.1, 0.15) is 5.60 Å². The number of carbonyl (C=O) groups is 1. The van der Waals surface area contributed by atoms with Crippen LogP contribution in [-0.4, -0.2) is 16.6 Å². The van der Waals surface area contributed by atoms with Crippen molar-refractivity contribution in [3.63, 3.8) is 0 Å². The lowest BCUT2D eigenvalue weighted by molar-refractivity contribution is -0.139. The lowest BCUT2D eigenvalue weighted by Gasteiger charge is -2.20. The third-order valence-corrected chi connectivity index (χ3v) is 3.15. The highest BCUT2D eigenvalue weighted by Crippen LogP contribution is 2.29. The van der Waals surface area contributed by atoms with Gasteiger partial charge >= 0.3 is 0 Å². The average Bonchev–Trinajstić information content (AvgIpc) is 2.76. The Balaban J connectivity index is 1.89. The summed E-state index contributed by atoms with van der Waals surface area (Å²) in [5, 5.41) is 12.8. The van der Waals surface area contributed by atoms with Crippen molar-refractivity contribution in [1.82, 2.24) is 5.32 Å². The Hall–Kier alpha value is -1.35. The van der Waals surface area contributed by atoms with E-state index in [0.29, 0.717) is 19.4 Å². The minimum absolute atomic E-state index is 0.228. The lowest BCUT2D eigenvalue weighted by atomic mass is 10.0. The van der Waals surface area contributed by atoms with Crippen molar-refractivity contribution in [3.05, 3.63) is 35.9 Å². The zero-order valence-corrected chi connectivity index (χ0v) is 9.28.